The topological polar surface area (TPSA) is 55.8 Å². The largest absolute Gasteiger partial charge is 0.489 e. The maximum atomic E-state index is 13.6. The van der Waals surface area contributed by atoms with E-state index < -0.39 is 11.6 Å². The smallest absolute Gasteiger partial charge is 0.308 e. The van der Waals surface area contributed by atoms with Gasteiger partial charge in [0.25, 0.3) is 5.91 Å². The molecule has 0 saturated heterocycles. The van der Waals surface area contributed by atoms with Crippen LogP contribution in [0.2, 0.25) is 0 Å². The normalized spacial score (nSPS) is 14.3. The lowest BCUT2D eigenvalue weighted by atomic mass is 9.94. The molecule has 0 spiro atoms. The lowest BCUT2D eigenvalue weighted by molar-refractivity contribution is -0.156. The molecule has 0 N–H and O–H groups in total. The van der Waals surface area contributed by atoms with Gasteiger partial charge in [-0.1, -0.05) is 42.5 Å². The van der Waals surface area contributed by atoms with Crippen LogP contribution in [0.15, 0.2) is 72.8 Å². The lowest BCUT2D eigenvalue weighted by Crippen LogP contribution is -2.41. The second-order valence-electron chi connectivity index (χ2n) is 9.70. The van der Waals surface area contributed by atoms with Crippen LogP contribution in [-0.4, -0.2) is 28.9 Å². The van der Waals surface area contributed by atoms with Gasteiger partial charge in [0, 0.05) is 15.7 Å². The molecule has 35 heavy (non-hydrogen) atoms. The molecule has 1 aliphatic rings. The van der Waals surface area contributed by atoms with Gasteiger partial charge in [0.15, 0.2) is 0 Å². The Labute approximate surface area is 220 Å². The van der Waals surface area contributed by atoms with E-state index in [0.29, 0.717) is 25.1 Å². The third-order valence-corrected chi connectivity index (χ3v) is 6.57. The number of hydrogen-bond acceptors (Lipinski definition) is 4. The Morgan fingerprint density at radius 2 is 1.74 bits per heavy atom. The van der Waals surface area contributed by atoms with E-state index in [1.54, 1.807) is 4.90 Å². The Morgan fingerprint density at radius 3 is 2.43 bits per heavy atom. The van der Waals surface area contributed by atoms with Crippen LogP contribution in [0.5, 0.6) is 5.75 Å². The molecule has 1 aliphatic heterocycles. The molecule has 3 aromatic rings. The number of esters is 1. The molecule has 1 atom stereocenters. The van der Waals surface area contributed by atoms with Crippen LogP contribution in [0.3, 0.4) is 0 Å². The van der Waals surface area contributed by atoms with Gasteiger partial charge in [0.05, 0.1) is 12.5 Å². The summed E-state index contributed by atoms with van der Waals surface area (Å²) in [5, 5.41) is 0. The molecule has 0 aliphatic carbocycles. The molecule has 0 radical (unpaired) electrons. The molecule has 0 aromatic heterocycles. The average molecular weight is 583 g/mol. The lowest BCUT2D eigenvalue weighted by Gasteiger charge is -2.36. The first-order valence-electron chi connectivity index (χ1n) is 11.8. The Bertz CT molecular complexity index is 1190. The third kappa shape index (κ3) is 6.63. The molecule has 1 heterocycles. The van der Waals surface area contributed by atoms with Gasteiger partial charge in [-0.25, -0.2) is 0 Å². The minimum Gasteiger partial charge on any atom is -0.489 e. The summed E-state index contributed by atoms with van der Waals surface area (Å²) >= 11 is 2.25. The van der Waals surface area contributed by atoms with Gasteiger partial charge < -0.3 is 14.4 Å². The molecule has 0 fully saturated rings. The Morgan fingerprint density at radius 1 is 1.03 bits per heavy atom. The quantitative estimate of drug-likeness (QED) is 0.241. The summed E-state index contributed by atoms with van der Waals surface area (Å²) in [6.45, 7) is 6.55. The summed E-state index contributed by atoms with van der Waals surface area (Å²) in [4.78, 5) is 28.2. The Kier molecular flexibility index (Phi) is 7.79. The molecular weight excluding hydrogens is 553 g/mol. The second-order valence-corrected chi connectivity index (χ2v) is 10.9. The number of rotatable bonds is 7. The minimum absolute atomic E-state index is 0.0760. The van der Waals surface area contributed by atoms with Crippen molar-refractivity contribution in [3.8, 4) is 5.75 Å². The van der Waals surface area contributed by atoms with Gasteiger partial charge in [-0.15, -0.1) is 0 Å². The number of amides is 1. The molecule has 5 nitrogen and oxygen atoms in total. The summed E-state index contributed by atoms with van der Waals surface area (Å²) in [6.07, 6.45) is 0.802. The van der Waals surface area contributed by atoms with E-state index >= 15 is 0 Å². The SMILES string of the molecule is CC(C)(C)OC(=O)CC(c1ccc(I)cc1)N1CCc2cc(OCc3ccccc3)ccc2C1=O. The van der Waals surface area contributed by atoms with E-state index in [4.69, 9.17) is 9.47 Å². The first-order chi connectivity index (χ1) is 16.7. The van der Waals surface area contributed by atoms with Crippen molar-refractivity contribution in [2.75, 3.05) is 6.54 Å². The van der Waals surface area contributed by atoms with Crippen LogP contribution in [0, 0.1) is 3.57 Å². The van der Waals surface area contributed by atoms with Crippen molar-refractivity contribution in [1.82, 2.24) is 4.90 Å². The summed E-state index contributed by atoms with van der Waals surface area (Å²) in [6, 6.07) is 23.2. The number of fused-ring (bicyclic) bond motifs is 1. The standard InChI is InChI=1S/C29H30INO4/c1-29(2,3)35-27(32)18-26(21-9-11-23(30)12-10-21)31-16-15-22-17-24(13-14-25(22)28(31)33)34-19-20-7-5-4-6-8-20/h4-14,17,26H,15-16,18-19H2,1-3H3. The Hall–Kier alpha value is -2.87. The van der Waals surface area contributed by atoms with Gasteiger partial charge in [0.2, 0.25) is 0 Å². The first-order valence-corrected chi connectivity index (χ1v) is 12.9. The third-order valence-electron chi connectivity index (χ3n) is 5.85. The number of ether oxygens (including phenoxy) is 2. The zero-order chi connectivity index (χ0) is 25.0. The highest BCUT2D eigenvalue weighted by molar-refractivity contribution is 14.1. The molecular formula is C29H30INO4. The summed E-state index contributed by atoms with van der Waals surface area (Å²) in [7, 11) is 0. The molecule has 0 bridgehead atoms. The number of carbonyl (C=O) groups excluding carboxylic acids is 2. The summed E-state index contributed by atoms with van der Waals surface area (Å²) < 4.78 is 12.7. The molecule has 182 valence electrons. The van der Waals surface area contributed by atoms with E-state index in [1.165, 1.54) is 0 Å². The number of nitrogens with zero attached hydrogens (tertiary/aromatic N) is 1. The van der Waals surface area contributed by atoms with E-state index in [9.17, 15) is 9.59 Å². The fourth-order valence-corrected chi connectivity index (χ4v) is 4.60. The second kappa shape index (κ2) is 10.8. The summed E-state index contributed by atoms with van der Waals surface area (Å²) in [5.74, 6) is 0.356. The van der Waals surface area contributed by atoms with E-state index in [-0.39, 0.29) is 18.3 Å². The maximum absolute atomic E-state index is 13.6. The van der Waals surface area contributed by atoms with Crippen molar-refractivity contribution in [3.63, 3.8) is 0 Å². The average Bonchev–Trinajstić information content (AvgIpc) is 2.82. The summed E-state index contributed by atoms with van der Waals surface area (Å²) in [5.41, 5.74) is 3.06. The van der Waals surface area contributed by atoms with Crippen LogP contribution in [0.1, 0.15) is 60.3 Å². The van der Waals surface area contributed by atoms with Crippen molar-refractivity contribution in [2.45, 2.75) is 51.9 Å². The van der Waals surface area contributed by atoms with Crippen molar-refractivity contribution in [1.29, 1.82) is 0 Å². The van der Waals surface area contributed by atoms with Gasteiger partial charge >= 0.3 is 5.97 Å². The van der Waals surface area contributed by atoms with Crippen molar-refractivity contribution < 1.29 is 19.1 Å². The van der Waals surface area contributed by atoms with Crippen LogP contribution in [0.25, 0.3) is 0 Å². The molecule has 0 saturated carbocycles. The minimum atomic E-state index is -0.581. The zero-order valence-corrected chi connectivity index (χ0v) is 22.4. The number of carbonyl (C=O) groups is 2. The van der Waals surface area contributed by atoms with Crippen molar-refractivity contribution >= 4 is 34.5 Å². The predicted octanol–water partition coefficient (Wildman–Crippen LogP) is 6.34. The number of halogens is 1. The van der Waals surface area contributed by atoms with Crippen molar-refractivity contribution in [3.05, 3.63) is 98.6 Å². The fraction of sp³-hybridized carbons (Fsp3) is 0.310. The fourth-order valence-electron chi connectivity index (χ4n) is 4.24. The van der Waals surface area contributed by atoms with E-state index in [0.717, 1.165) is 26.0 Å². The Balaban J connectivity index is 1.54. The van der Waals surface area contributed by atoms with Crippen molar-refractivity contribution in [2.24, 2.45) is 0 Å². The van der Waals surface area contributed by atoms with Gasteiger partial charge in [-0.3, -0.25) is 9.59 Å². The van der Waals surface area contributed by atoms with Gasteiger partial charge in [-0.05, 0) is 96.8 Å². The maximum Gasteiger partial charge on any atom is 0.308 e. The van der Waals surface area contributed by atoms with E-state index in [2.05, 4.69) is 22.6 Å². The molecule has 3 aromatic carbocycles. The molecule has 6 heteroatoms. The highest BCUT2D eigenvalue weighted by atomic mass is 127. The van der Waals surface area contributed by atoms with Gasteiger partial charge in [0.1, 0.15) is 18.0 Å². The van der Waals surface area contributed by atoms with E-state index in [1.807, 2.05) is 93.6 Å². The highest BCUT2D eigenvalue weighted by Crippen LogP contribution is 2.33. The molecule has 4 rings (SSSR count). The predicted molar refractivity (Wildman–Crippen MR) is 144 cm³/mol. The molecule has 1 amide bonds. The van der Waals surface area contributed by atoms with Crippen LogP contribution in [-0.2, 0) is 22.6 Å². The van der Waals surface area contributed by atoms with Crippen LogP contribution in [0.4, 0.5) is 0 Å². The number of benzene rings is 3. The van der Waals surface area contributed by atoms with Gasteiger partial charge in [-0.2, -0.15) is 0 Å². The molecule has 1 unspecified atom stereocenters. The number of hydrogen-bond donors (Lipinski definition) is 0. The van der Waals surface area contributed by atoms with Crippen LogP contribution < -0.4 is 4.74 Å². The van der Waals surface area contributed by atoms with Crippen LogP contribution >= 0.6 is 22.6 Å². The highest BCUT2D eigenvalue weighted by Gasteiger charge is 2.33. The zero-order valence-electron chi connectivity index (χ0n) is 20.3. The first kappa shape index (κ1) is 25.2. The monoisotopic (exact) mass is 583 g/mol.